The second-order valence-electron chi connectivity index (χ2n) is 5.59. The Kier molecular flexibility index (Phi) is 6.40. The molecule has 0 spiro atoms. The summed E-state index contributed by atoms with van der Waals surface area (Å²) in [4.78, 5) is 6.03. The molecule has 0 aliphatic heterocycles. The normalized spacial score (nSPS) is 12.5. The van der Waals surface area contributed by atoms with Crippen LogP contribution in [0.1, 0.15) is 40.9 Å². The molecular formula is C18H26N2S. The highest BCUT2D eigenvalue weighted by Gasteiger charge is 2.12. The van der Waals surface area contributed by atoms with Crippen molar-refractivity contribution in [1.82, 2.24) is 10.3 Å². The van der Waals surface area contributed by atoms with Crippen molar-refractivity contribution in [1.29, 1.82) is 0 Å². The summed E-state index contributed by atoms with van der Waals surface area (Å²) in [5, 5.41) is 4.89. The summed E-state index contributed by atoms with van der Waals surface area (Å²) in [5.41, 5.74) is 2.63. The Morgan fingerprint density at radius 2 is 1.95 bits per heavy atom. The van der Waals surface area contributed by atoms with Crippen molar-refractivity contribution in [3.63, 3.8) is 0 Å². The minimum atomic E-state index is 0.545. The molecule has 0 aliphatic rings. The lowest BCUT2D eigenvalue weighted by Crippen LogP contribution is -2.31. The molecule has 1 aromatic carbocycles. The van der Waals surface area contributed by atoms with E-state index in [4.69, 9.17) is 0 Å². The van der Waals surface area contributed by atoms with Crippen LogP contribution in [0, 0.1) is 13.8 Å². The molecular weight excluding hydrogens is 276 g/mol. The summed E-state index contributed by atoms with van der Waals surface area (Å²) in [6.45, 7) is 7.48. The lowest BCUT2D eigenvalue weighted by Gasteiger charge is -2.16. The molecule has 0 radical (unpaired) electrons. The molecule has 1 unspecified atom stereocenters. The summed E-state index contributed by atoms with van der Waals surface area (Å²) in [5.74, 6) is 0. The number of hydrogen-bond acceptors (Lipinski definition) is 3. The smallest absolute Gasteiger partial charge is 0.0946 e. The third kappa shape index (κ3) is 5.25. The van der Waals surface area contributed by atoms with Crippen LogP contribution in [0.2, 0.25) is 0 Å². The Bertz CT molecular complexity index is 514. The first-order chi connectivity index (χ1) is 10.2. The van der Waals surface area contributed by atoms with Crippen LogP contribution in [0.4, 0.5) is 0 Å². The van der Waals surface area contributed by atoms with Gasteiger partial charge in [-0.15, -0.1) is 11.3 Å². The fourth-order valence-corrected chi connectivity index (χ4v) is 3.61. The predicted octanol–water partition coefficient (Wildman–Crippen LogP) is 4.30. The Morgan fingerprint density at radius 3 is 2.57 bits per heavy atom. The van der Waals surface area contributed by atoms with Crippen molar-refractivity contribution in [3.8, 4) is 0 Å². The topological polar surface area (TPSA) is 24.9 Å². The number of nitrogens with zero attached hydrogens (tertiary/aromatic N) is 1. The van der Waals surface area contributed by atoms with Crippen molar-refractivity contribution in [2.75, 3.05) is 6.54 Å². The van der Waals surface area contributed by atoms with E-state index in [0.717, 1.165) is 13.0 Å². The standard InChI is InChI=1S/C18H26N2S/c1-4-19-17(13-18-20-14(2)15(3)21-18)12-8-11-16-9-6-5-7-10-16/h5-7,9-10,17,19H,4,8,11-13H2,1-3H3. The van der Waals surface area contributed by atoms with E-state index in [-0.39, 0.29) is 0 Å². The minimum Gasteiger partial charge on any atom is -0.314 e. The van der Waals surface area contributed by atoms with Crippen LogP contribution in [0.25, 0.3) is 0 Å². The monoisotopic (exact) mass is 302 g/mol. The molecule has 0 amide bonds. The number of rotatable bonds is 8. The average Bonchev–Trinajstić information content (AvgIpc) is 2.78. The lowest BCUT2D eigenvalue weighted by atomic mass is 10.0. The van der Waals surface area contributed by atoms with Gasteiger partial charge in [0, 0.05) is 17.3 Å². The highest BCUT2D eigenvalue weighted by atomic mass is 32.1. The highest BCUT2D eigenvalue weighted by Crippen LogP contribution is 2.19. The lowest BCUT2D eigenvalue weighted by molar-refractivity contribution is 0.475. The Balaban J connectivity index is 1.84. The van der Waals surface area contributed by atoms with Gasteiger partial charge in [-0.25, -0.2) is 4.98 Å². The van der Waals surface area contributed by atoms with Crippen molar-refractivity contribution in [3.05, 3.63) is 51.5 Å². The van der Waals surface area contributed by atoms with Crippen molar-refractivity contribution < 1.29 is 0 Å². The number of aromatic nitrogens is 1. The molecule has 2 rings (SSSR count). The quantitative estimate of drug-likeness (QED) is 0.786. The van der Waals surface area contributed by atoms with Crippen LogP contribution in [0.15, 0.2) is 30.3 Å². The third-order valence-electron chi connectivity index (χ3n) is 3.85. The number of likely N-dealkylation sites (N-methyl/N-ethyl adjacent to an activating group) is 1. The Labute approximate surface area is 132 Å². The van der Waals surface area contributed by atoms with Gasteiger partial charge in [0.2, 0.25) is 0 Å². The van der Waals surface area contributed by atoms with Crippen LogP contribution >= 0.6 is 11.3 Å². The summed E-state index contributed by atoms with van der Waals surface area (Å²) < 4.78 is 0. The third-order valence-corrected chi connectivity index (χ3v) is 4.94. The van der Waals surface area contributed by atoms with Gasteiger partial charge in [-0.1, -0.05) is 37.3 Å². The molecule has 1 aromatic heterocycles. The first-order valence-electron chi connectivity index (χ1n) is 7.89. The van der Waals surface area contributed by atoms with Gasteiger partial charge in [0.05, 0.1) is 10.7 Å². The maximum absolute atomic E-state index is 4.68. The van der Waals surface area contributed by atoms with E-state index in [9.17, 15) is 0 Å². The van der Waals surface area contributed by atoms with Crippen molar-refractivity contribution in [2.24, 2.45) is 0 Å². The van der Waals surface area contributed by atoms with Crippen molar-refractivity contribution >= 4 is 11.3 Å². The summed E-state index contributed by atoms with van der Waals surface area (Å²) >= 11 is 1.85. The zero-order valence-corrected chi connectivity index (χ0v) is 14.2. The zero-order valence-electron chi connectivity index (χ0n) is 13.4. The number of hydrogen-bond donors (Lipinski definition) is 1. The Hall–Kier alpha value is -1.19. The van der Waals surface area contributed by atoms with Gasteiger partial charge >= 0.3 is 0 Å². The average molecular weight is 302 g/mol. The van der Waals surface area contributed by atoms with Crippen LogP contribution in [-0.4, -0.2) is 17.6 Å². The molecule has 0 bridgehead atoms. The van der Waals surface area contributed by atoms with Crippen LogP contribution in [0.3, 0.4) is 0 Å². The van der Waals surface area contributed by atoms with Gasteiger partial charge in [0.1, 0.15) is 0 Å². The van der Waals surface area contributed by atoms with Crippen LogP contribution in [-0.2, 0) is 12.8 Å². The molecule has 114 valence electrons. The molecule has 1 heterocycles. The van der Waals surface area contributed by atoms with Gasteiger partial charge in [0.15, 0.2) is 0 Å². The fraction of sp³-hybridized carbons (Fsp3) is 0.500. The van der Waals surface area contributed by atoms with E-state index >= 15 is 0 Å². The largest absolute Gasteiger partial charge is 0.314 e. The number of aryl methyl sites for hydroxylation is 3. The van der Waals surface area contributed by atoms with Gasteiger partial charge < -0.3 is 5.32 Å². The molecule has 0 saturated heterocycles. The first-order valence-corrected chi connectivity index (χ1v) is 8.71. The molecule has 1 N–H and O–H groups in total. The molecule has 2 aromatic rings. The Morgan fingerprint density at radius 1 is 1.19 bits per heavy atom. The fourth-order valence-electron chi connectivity index (χ4n) is 2.60. The van der Waals surface area contributed by atoms with Gasteiger partial charge in [-0.3, -0.25) is 0 Å². The van der Waals surface area contributed by atoms with Gasteiger partial charge in [-0.05, 0) is 45.2 Å². The predicted molar refractivity (Wildman–Crippen MR) is 92.1 cm³/mol. The van der Waals surface area contributed by atoms with Crippen LogP contribution < -0.4 is 5.32 Å². The van der Waals surface area contributed by atoms with E-state index in [1.165, 1.54) is 40.4 Å². The van der Waals surface area contributed by atoms with E-state index in [0.29, 0.717) is 6.04 Å². The molecule has 2 nitrogen and oxygen atoms in total. The highest BCUT2D eigenvalue weighted by molar-refractivity contribution is 7.11. The van der Waals surface area contributed by atoms with E-state index in [2.05, 4.69) is 61.4 Å². The number of nitrogens with one attached hydrogen (secondary N) is 1. The number of thiazole rings is 1. The molecule has 21 heavy (non-hydrogen) atoms. The number of benzene rings is 1. The second-order valence-corrected chi connectivity index (χ2v) is 6.87. The molecule has 3 heteroatoms. The zero-order chi connectivity index (χ0) is 15.1. The minimum absolute atomic E-state index is 0.545. The molecule has 1 atom stereocenters. The summed E-state index contributed by atoms with van der Waals surface area (Å²) in [6.07, 6.45) is 4.66. The first kappa shape index (κ1) is 16.2. The summed E-state index contributed by atoms with van der Waals surface area (Å²) in [7, 11) is 0. The molecule has 0 aliphatic carbocycles. The van der Waals surface area contributed by atoms with E-state index in [1.807, 2.05) is 11.3 Å². The van der Waals surface area contributed by atoms with Crippen LogP contribution in [0.5, 0.6) is 0 Å². The van der Waals surface area contributed by atoms with E-state index in [1.54, 1.807) is 0 Å². The summed E-state index contributed by atoms with van der Waals surface area (Å²) in [6, 6.07) is 11.3. The van der Waals surface area contributed by atoms with Gasteiger partial charge in [0.25, 0.3) is 0 Å². The van der Waals surface area contributed by atoms with Gasteiger partial charge in [-0.2, -0.15) is 0 Å². The van der Waals surface area contributed by atoms with Crippen molar-refractivity contribution in [2.45, 2.75) is 52.5 Å². The SMILES string of the molecule is CCNC(CCCc1ccccc1)Cc1nc(C)c(C)s1. The maximum atomic E-state index is 4.68. The molecule has 0 saturated carbocycles. The molecule has 0 fully saturated rings. The maximum Gasteiger partial charge on any atom is 0.0946 e. The second kappa shape index (κ2) is 8.30. The van der Waals surface area contributed by atoms with E-state index < -0.39 is 0 Å².